The Labute approximate surface area is 216 Å². The number of sulfonamides is 2. The highest BCUT2D eigenvalue weighted by molar-refractivity contribution is 8.09. The maximum Gasteiger partial charge on any atom is 0.433 e. The van der Waals surface area contributed by atoms with E-state index in [-0.39, 0.29) is 37.9 Å². The van der Waals surface area contributed by atoms with Crippen molar-refractivity contribution < 1.29 is 34.7 Å². The van der Waals surface area contributed by atoms with Crippen molar-refractivity contribution in [3.63, 3.8) is 0 Å². The first-order valence-corrected chi connectivity index (χ1v) is 14.6. The predicted molar refractivity (Wildman–Crippen MR) is 130 cm³/mol. The van der Waals surface area contributed by atoms with Gasteiger partial charge in [-0.3, -0.25) is 4.98 Å². The normalized spacial score (nSPS) is 14.1. The first-order chi connectivity index (χ1) is 17.6. The number of nitriles is 1. The van der Waals surface area contributed by atoms with Crippen LogP contribution in [0.2, 0.25) is 0 Å². The zero-order valence-corrected chi connectivity index (χ0v) is 21.8. The van der Waals surface area contributed by atoms with Gasteiger partial charge in [-0.1, -0.05) is 0 Å². The summed E-state index contributed by atoms with van der Waals surface area (Å²) in [4.78, 5) is 11.9. The summed E-state index contributed by atoms with van der Waals surface area (Å²) in [5, 5.41) is 9.19. The second-order valence-corrected chi connectivity index (χ2v) is 12.6. The maximum absolute atomic E-state index is 13.4. The minimum Gasteiger partial charge on any atom is -0.435 e. The molecule has 38 heavy (non-hydrogen) atoms. The van der Waals surface area contributed by atoms with Crippen LogP contribution in [0.15, 0.2) is 36.7 Å². The monoisotopic (exact) mass is 567 g/mol. The van der Waals surface area contributed by atoms with Crippen LogP contribution in [0.1, 0.15) is 41.3 Å². The van der Waals surface area contributed by atoms with E-state index in [1.807, 2.05) is 6.07 Å². The molecular formula is C23H20F3N5O5S2. The number of anilines is 1. The van der Waals surface area contributed by atoms with Gasteiger partial charge in [0.1, 0.15) is 17.5 Å². The Hall–Kier alpha value is -3.77. The van der Waals surface area contributed by atoms with Gasteiger partial charge in [0.05, 0.1) is 29.5 Å². The third-order valence-electron chi connectivity index (χ3n) is 5.48. The quantitative estimate of drug-likeness (QED) is 0.412. The molecule has 1 fully saturated rings. The van der Waals surface area contributed by atoms with Gasteiger partial charge in [0.2, 0.25) is 25.9 Å². The van der Waals surface area contributed by atoms with Crippen LogP contribution in [-0.2, 0) is 26.2 Å². The molecule has 0 aliphatic heterocycles. The Morgan fingerprint density at radius 2 is 1.71 bits per heavy atom. The molecule has 3 aromatic heterocycles. The average molecular weight is 568 g/mol. The van der Waals surface area contributed by atoms with E-state index < -0.39 is 43.5 Å². The first-order valence-electron chi connectivity index (χ1n) is 10.9. The summed E-state index contributed by atoms with van der Waals surface area (Å²) in [6.45, 7) is 1.30. The number of pyridine rings is 3. The minimum atomic E-state index is -4.71. The number of hydrogen-bond donors (Lipinski definition) is 0. The topological polar surface area (TPSA) is 143 Å². The van der Waals surface area contributed by atoms with Crippen molar-refractivity contribution in [2.24, 2.45) is 0 Å². The molecule has 0 N–H and O–H groups in total. The van der Waals surface area contributed by atoms with Gasteiger partial charge in [-0.25, -0.2) is 26.8 Å². The summed E-state index contributed by atoms with van der Waals surface area (Å²) in [7, 11) is -8.85. The van der Waals surface area contributed by atoms with Crippen molar-refractivity contribution in [2.45, 2.75) is 31.9 Å². The number of aromatic nitrogens is 3. The number of alkyl halides is 3. The van der Waals surface area contributed by atoms with Gasteiger partial charge in [-0.05, 0) is 49.9 Å². The average Bonchev–Trinajstić information content (AvgIpc) is 3.64. The lowest BCUT2D eigenvalue weighted by atomic mass is 10.1. The minimum absolute atomic E-state index is 0.0859. The fraction of sp³-hybridized carbons (Fsp3) is 0.304. The zero-order chi connectivity index (χ0) is 28.0. The van der Waals surface area contributed by atoms with Crippen LogP contribution in [0.25, 0.3) is 11.3 Å². The van der Waals surface area contributed by atoms with Crippen LogP contribution in [0, 0.1) is 18.3 Å². The van der Waals surface area contributed by atoms with Crippen molar-refractivity contribution in [3.05, 3.63) is 59.2 Å². The highest BCUT2D eigenvalue weighted by Crippen LogP contribution is 2.48. The van der Waals surface area contributed by atoms with Crippen LogP contribution < -0.4 is 8.45 Å². The molecule has 15 heteroatoms. The van der Waals surface area contributed by atoms with Gasteiger partial charge in [-0.15, -0.1) is 0 Å². The molecule has 4 rings (SSSR count). The Balaban J connectivity index is 1.96. The molecule has 0 bridgehead atoms. The second-order valence-electron chi connectivity index (χ2n) is 8.70. The van der Waals surface area contributed by atoms with Gasteiger partial charge in [0.15, 0.2) is 5.75 Å². The summed E-state index contributed by atoms with van der Waals surface area (Å²) >= 11 is 0. The van der Waals surface area contributed by atoms with E-state index in [0.29, 0.717) is 30.9 Å². The van der Waals surface area contributed by atoms with Crippen molar-refractivity contribution in [3.8, 4) is 29.0 Å². The van der Waals surface area contributed by atoms with E-state index in [2.05, 4.69) is 15.0 Å². The van der Waals surface area contributed by atoms with Crippen molar-refractivity contribution in [2.75, 3.05) is 16.2 Å². The third-order valence-corrected chi connectivity index (χ3v) is 8.70. The molecular weight excluding hydrogens is 547 g/mol. The molecule has 1 aliphatic carbocycles. The summed E-state index contributed by atoms with van der Waals surface area (Å²) in [5.41, 5.74) is -0.872. The Kier molecular flexibility index (Phi) is 6.83. The lowest BCUT2D eigenvalue weighted by molar-refractivity contribution is -0.141. The molecule has 0 radical (unpaired) electrons. The SMILES string of the molecule is Cc1nc(C(F)(F)F)cc(C2CC2)c1Oc1nc(-c2cncc(C#N)c2)ccc1N(S(C)(=O)=O)S(C)(=O)=O. The van der Waals surface area contributed by atoms with Crippen LogP contribution in [0.4, 0.5) is 18.9 Å². The maximum atomic E-state index is 13.4. The largest absolute Gasteiger partial charge is 0.435 e. The third kappa shape index (κ3) is 5.70. The van der Waals surface area contributed by atoms with Gasteiger partial charge >= 0.3 is 6.18 Å². The van der Waals surface area contributed by atoms with E-state index in [1.54, 1.807) is 0 Å². The van der Waals surface area contributed by atoms with Crippen molar-refractivity contribution in [1.29, 1.82) is 5.26 Å². The van der Waals surface area contributed by atoms with Crippen LogP contribution in [0.3, 0.4) is 0 Å². The predicted octanol–water partition coefficient (Wildman–Crippen LogP) is 4.13. The molecule has 10 nitrogen and oxygen atoms in total. The molecule has 200 valence electrons. The molecule has 1 saturated carbocycles. The molecule has 0 unspecified atom stereocenters. The fourth-order valence-corrected chi connectivity index (χ4v) is 6.77. The first kappa shape index (κ1) is 27.3. The lowest BCUT2D eigenvalue weighted by Crippen LogP contribution is -2.35. The van der Waals surface area contributed by atoms with Gasteiger partial charge in [0.25, 0.3) is 0 Å². The molecule has 3 aromatic rings. The number of hydrogen-bond acceptors (Lipinski definition) is 9. The highest BCUT2D eigenvalue weighted by Gasteiger charge is 2.38. The molecule has 0 amide bonds. The van der Waals surface area contributed by atoms with Crippen molar-refractivity contribution >= 4 is 25.7 Å². The van der Waals surface area contributed by atoms with E-state index in [4.69, 9.17) is 4.74 Å². The Morgan fingerprint density at radius 1 is 1.05 bits per heavy atom. The number of halogens is 3. The van der Waals surface area contributed by atoms with Gasteiger partial charge in [-0.2, -0.15) is 22.1 Å². The lowest BCUT2D eigenvalue weighted by Gasteiger charge is -2.23. The standard InChI is InChI=1S/C23H20F3N5O5S2/c1-13-21(17(15-4-5-15)9-20(29-13)23(24,25)26)36-22-19(31(37(2,32)33)38(3,34)35)7-6-18(30-22)16-8-14(10-27)11-28-12-16/h6-9,11-12,15H,4-5H2,1-3H3. The number of aryl methyl sites for hydroxylation is 1. The van der Waals surface area contributed by atoms with E-state index >= 15 is 0 Å². The van der Waals surface area contributed by atoms with Crippen LogP contribution >= 0.6 is 0 Å². The molecule has 0 saturated heterocycles. The van der Waals surface area contributed by atoms with E-state index in [1.165, 1.54) is 31.5 Å². The molecule has 0 spiro atoms. The zero-order valence-electron chi connectivity index (χ0n) is 20.2. The highest BCUT2D eigenvalue weighted by atomic mass is 32.3. The summed E-state index contributed by atoms with van der Waals surface area (Å²) < 4.78 is 96.4. The molecule has 0 atom stereocenters. The Morgan fingerprint density at radius 3 is 2.26 bits per heavy atom. The molecule has 0 aromatic carbocycles. The summed E-state index contributed by atoms with van der Waals surface area (Å²) in [6, 6.07) is 6.69. The number of nitrogens with zero attached hydrogens (tertiary/aromatic N) is 5. The van der Waals surface area contributed by atoms with E-state index in [0.717, 1.165) is 12.1 Å². The number of ether oxygens (including phenoxy) is 1. The van der Waals surface area contributed by atoms with Gasteiger partial charge in [0, 0.05) is 23.5 Å². The van der Waals surface area contributed by atoms with Crippen LogP contribution in [-0.4, -0.2) is 44.3 Å². The second kappa shape index (κ2) is 9.52. The Bertz CT molecular complexity index is 1650. The summed E-state index contributed by atoms with van der Waals surface area (Å²) in [6.07, 6.45) is 0.519. The summed E-state index contributed by atoms with van der Waals surface area (Å²) in [5.74, 6) is -0.846. The fourth-order valence-electron chi connectivity index (χ4n) is 3.81. The van der Waals surface area contributed by atoms with Crippen molar-refractivity contribution in [1.82, 2.24) is 15.0 Å². The van der Waals surface area contributed by atoms with Crippen LogP contribution in [0.5, 0.6) is 11.6 Å². The smallest absolute Gasteiger partial charge is 0.433 e. The number of rotatable bonds is 7. The molecule has 1 aliphatic rings. The molecule has 3 heterocycles. The van der Waals surface area contributed by atoms with Gasteiger partial charge < -0.3 is 4.74 Å². The van der Waals surface area contributed by atoms with E-state index in [9.17, 15) is 35.3 Å².